The van der Waals surface area contributed by atoms with E-state index in [0.29, 0.717) is 12.3 Å². The van der Waals surface area contributed by atoms with Gasteiger partial charge in [0.05, 0.1) is 37.9 Å². The van der Waals surface area contributed by atoms with Gasteiger partial charge in [-0.05, 0) is 91.3 Å². The number of carbonyl (C=O) groups excluding carboxylic acids is 1. The van der Waals surface area contributed by atoms with Gasteiger partial charge in [-0.3, -0.25) is 4.79 Å². The average molecular weight is 519 g/mol. The zero-order chi connectivity index (χ0) is 27.2. The molecule has 9 unspecified atom stereocenters. The summed E-state index contributed by atoms with van der Waals surface area (Å²) < 4.78 is 5.41. The van der Waals surface area contributed by atoms with Crippen LogP contribution in [-0.4, -0.2) is 58.9 Å². The molecule has 9 atom stereocenters. The lowest BCUT2D eigenvalue weighted by molar-refractivity contribution is -0.233. The third kappa shape index (κ3) is 3.22. The van der Waals surface area contributed by atoms with Crippen LogP contribution in [0.3, 0.4) is 0 Å². The number of carbonyl (C=O) groups is 1. The van der Waals surface area contributed by atoms with Gasteiger partial charge in [-0.2, -0.15) is 0 Å². The molecule has 0 aromatic carbocycles. The predicted molar refractivity (Wildman–Crippen MR) is 141 cm³/mol. The summed E-state index contributed by atoms with van der Waals surface area (Å²) in [6, 6.07) is 0. The lowest BCUT2D eigenvalue weighted by Crippen LogP contribution is -2.68. The van der Waals surface area contributed by atoms with Gasteiger partial charge in [0.2, 0.25) is 0 Å². The van der Waals surface area contributed by atoms with E-state index < -0.39 is 23.0 Å². The van der Waals surface area contributed by atoms with Crippen LogP contribution in [0, 0.1) is 50.2 Å². The predicted octanol–water partition coefficient (Wildman–Crippen LogP) is 4.24. The number of rotatable bonds is 3. The third-order valence-corrected chi connectivity index (χ3v) is 13.6. The Morgan fingerprint density at radius 1 is 0.919 bits per heavy atom. The Kier molecular flexibility index (Phi) is 6.36. The van der Waals surface area contributed by atoms with Crippen molar-refractivity contribution in [2.24, 2.45) is 50.2 Å². The summed E-state index contributed by atoms with van der Waals surface area (Å²) in [6.07, 6.45) is 8.36. The van der Waals surface area contributed by atoms with Crippen molar-refractivity contribution in [3.8, 4) is 0 Å². The minimum Gasteiger partial charge on any atom is -0.469 e. The van der Waals surface area contributed by atoms with E-state index in [1.807, 2.05) is 0 Å². The molecular weight excluding hydrogens is 468 g/mol. The molecule has 5 rings (SSSR count). The Morgan fingerprint density at radius 3 is 2.19 bits per heavy atom. The second-order valence-electron chi connectivity index (χ2n) is 15.0. The molecule has 4 saturated carbocycles. The molecule has 4 N–H and O–H groups in total. The van der Waals surface area contributed by atoms with Crippen LogP contribution in [0.4, 0.5) is 0 Å². The largest absolute Gasteiger partial charge is 0.469 e. The highest BCUT2D eigenvalue weighted by atomic mass is 16.5. The van der Waals surface area contributed by atoms with E-state index in [0.717, 1.165) is 51.4 Å². The molecule has 0 aromatic rings. The smallest absolute Gasteiger partial charge is 0.312 e. The highest BCUT2D eigenvalue weighted by Crippen LogP contribution is 2.75. The van der Waals surface area contributed by atoms with Crippen LogP contribution in [0.1, 0.15) is 92.4 Å². The maximum Gasteiger partial charge on any atom is 0.312 e. The van der Waals surface area contributed by atoms with Crippen LogP contribution < -0.4 is 0 Å². The Bertz CT molecular complexity index is 969. The summed E-state index contributed by atoms with van der Waals surface area (Å²) in [7, 11) is 1.48. The Balaban J connectivity index is 1.62. The van der Waals surface area contributed by atoms with Crippen molar-refractivity contribution >= 4 is 5.97 Å². The highest BCUT2D eigenvalue weighted by Gasteiger charge is 2.71. The van der Waals surface area contributed by atoms with E-state index in [-0.39, 0.29) is 52.7 Å². The van der Waals surface area contributed by atoms with E-state index in [1.54, 1.807) is 0 Å². The van der Waals surface area contributed by atoms with Crippen molar-refractivity contribution < 1.29 is 30.0 Å². The van der Waals surface area contributed by atoms with E-state index in [9.17, 15) is 25.2 Å². The van der Waals surface area contributed by atoms with Crippen molar-refractivity contribution in [1.29, 1.82) is 0 Å². The molecule has 37 heavy (non-hydrogen) atoms. The number of aliphatic hydroxyl groups excluding tert-OH is 4. The molecule has 6 heteroatoms. The van der Waals surface area contributed by atoms with Crippen LogP contribution in [0.2, 0.25) is 0 Å². The number of hydrogen-bond donors (Lipinski definition) is 4. The third-order valence-electron chi connectivity index (χ3n) is 13.6. The Morgan fingerprint density at radius 2 is 1.57 bits per heavy atom. The van der Waals surface area contributed by atoms with Crippen molar-refractivity contribution in [2.75, 3.05) is 20.3 Å². The first kappa shape index (κ1) is 27.6. The van der Waals surface area contributed by atoms with E-state index in [1.165, 1.54) is 12.7 Å². The molecule has 5 aliphatic carbocycles. The van der Waals surface area contributed by atoms with Gasteiger partial charge in [0, 0.05) is 11.3 Å². The normalized spacial score (nSPS) is 50.0. The minimum absolute atomic E-state index is 0.0485. The Hall–Kier alpha value is -0.950. The molecule has 0 aromatic heterocycles. The van der Waals surface area contributed by atoms with E-state index >= 15 is 0 Å². The number of esters is 1. The molecule has 0 amide bonds. The van der Waals surface area contributed by atoms with Gasteiger partial charge in [0.1, 0.15) is 0 Å². The molecule has 0 spiro atoms. The lowest BCUT2D eigenvalue weighted by atomic mass is 9.33. The topological polar surface area (TPSA) is 107 Å². The molecule has 0 heterocycles. The average Bonchev–Trinajstić information content (AvgIpc) is 2.87. The molecule has 4 fully saturated rings. The van der Waals surface area contributed by atoms with Crippen LogP contribution in [0.15, 0.2) is 11.6 Å². The maximum absolute atomic E-state index is 13.4. The molecule has 0 bridgehead atoms. The maximum atomic E-state index is 13.4. The molecule has 0 saturated heterocycles. The van der Waals surface area contributed by atoms with Crippen LogP contribution in [0.25, 0.3) is 0 Å². The van der Waals surface area contributed by atoms with E-state index in [2.05, 4.69) is 40.7 Å². The van der Waals surface area contributed by atoms with Crippen molar-refractivity contribution in [1.82, 2.24) is 0 Å². The van der Waals surface area contributed by atoms with Gasteiger partial charge < -0.3 is 25.2 Å². The summed E-state index contributed by atoms with van der Waals surface area (Å²) in [6.45, 7) is 11.0. The van der Waals surface area contributed by atoms with Gasteiger partial charge in [-0.25, -0.2) is 0 Å². The number of aliphatic hydroxyl groups is 4. The van der Waals surface area contributed by atoms with Crippen LogP contribution in [-0.2, 0) is 9.53 Å². The summed E-state index contributed by atoms with van der Waals surface area (Å²) in [5.41, 5.74) is -0.889. The fourth-order valence-electron chi connectivity index (χ4n) is 10.9. The highest BCUT2D eigenvalue weighted by molar-refractivity contribution is 5.79. The summed E-state index contributed by atoms with van der Waals surface area (Å²) >= 11 is 0. The second kappa shape index (κ2) is 8.52. The van der Waals surface area contributed by atoms with Crippen molar-refractivity contribution in [3.63, 3.8) is 0 Å². The molecule has 0 aliphatic heterocycles. The van der Waals surface area contributed by atoms with Crippen LogP contribution in [0.5, 0.6) is 0 Å². The van der Waals surface area contributed by atoms with Gasteiger partial charge in [0.15, 0.2) is 0 Å². The van der Waals surface area contributed by atoms with E-state index in [4.69, 9.17) is 4.74 Å². The van der Waals surface area contributed by atoms with Gasteiger partial charge in [-0.1, -0.05) is 46.3 Å². The first-order chi connectivity index (χ1) is 17.2. The first-order valence-electron chi connectivity index (χ1n) is 14.6. The van der Waals surface area contributed by atoms with Gasteiger partial charge >= 0.3 is 5.97 Å². The number of hydrogen-bond acceptors (Lipinski definition) is 6. The van der Waals surface area contributed by atoms with Gasteiger partial charge in [0.25, 0.3) is 0 Å². The number of ether oxygens (including phenoxy) is 1. The fraction of sp³-hybridized carbons (Fsp3) is 0.903. The fourth-order valence-corrected chi connectivity index (χ4v) is 10.9. The number of allylic oxidation sites excluding steroid dienone is 1. The van der Waals surface area contributed by atoms with Crippen molar-refractivity contribution in [2.45, 2.75) is 105 Å². The lowest BCUT2D eigenvalue weighted by Gasteiger charge is -2.71. The first-order valence-corrected chi connectivity index (χ1v) is 14.6. The Labute approximate surface area is 222 Å². The molecule has 6 nitrogen and oxygen atoms in total. The summed E-state index contributed by atoms with van der Waals surface area (Å²) in [4.78, 5) is 13.4. The molecular formula is C31H50O6. The standard InChI is InChI=1S/C31H50O6/c1-26(2)13-15-30(25(36)37-6)16-14-28(4)19(23(30)24(26)35)7-8-20-27(3)11-10-22(34)31(17-32,18-33)21(27)9-12-29(20,28)5/h7,20-24,32-35H,8-18H2,1-6H3. The monoisotopic (exact) mass is 518 g/mol. The number of methoxy groups -OCH3 is 1. The quantitative estimate of drug-likeness (QED) is 0.329. The molecule has 5 aliphatic rings. The zero-order valence-corrected chi connectivity index (χ0v) is 23.8. The second-order valence-corrected chi connectivity index (χ2v) is 15.0. The summed E-state index contributed by atoms with van der Waals surface area (Å²) in [5, 5.41) is 43.8. The SMILES string of the molecule is COC(=O)C12CCC(C)(C)C(O)C1C1=CCC3C4(C)CCC(O)C(CO)(CO)C4CCC3(C)C1(C)CC2. The number of fused-ring (bicyclic) bond motifs is 7. The summed E-state index contributed by atoms with van der Waals surface area (Å²) in [5.74, 6) is -0.0352. The molecule has 210 valence electrons. The van der Waals surface area contributed by atoms with Crippen LogP contribution >= 0.6 is 0 Å². The van der Waals surface area contributed by atoms with Crippen molar-refractivity contribution in [3.05, 3.63) is 11.6 Å². The molecule has 0 radical (unpaired) electrons. The van der Waals surface area contributed by atoms with Gasteiger partial charge in [-0.15, -0.1) is 0 Å². The minimum atomic E-state index is -0.866. The zero-order valence-electron chi connectivity index (χ0n) is 23.8.